The van der Waals surface area contributed by atoms with Crippen LogP contribution in [0.15, 0.2) is 12.2 Å². The third-order valence-electron chi connectivity index (χ3n) is 1.97. The lowest BCUT2D eigenvalue weighted by molar-refractivity contribution is 0.471. The Morgan fingerprint density at radius 3 is 2.70 bits per heavy atom. The van der Waals surface area contributed by atoms with Gasteiger partial charge in [0.25, 0.3) is 0 Å². The van der Waals surface area contributed by atoms with Gasteiger partial charge in [-0.1, -0.05) is 5.57 Å². The van der Waals surface area contributed by atoms with Gasteiger partial charge in [0.2, 0.25) is 0 Å². The van der Waals surface area contributed by atoms with Gasteiger partial charge in [0.15, 0.2) is 0 Å². The Hall–Kier alpha value is -0.340. The first-order valence-corrected chi connectivity index (χ1v) is 3.84. The van der Waals surface area contributed by atoms with Gasteiger partial charge in [0.05, 0.1) is 0 Å². The molecule has 1 rings (SSSR count). The van der Waals surface area contributed by atoms with E-state index in [4.69, 9.17) is 5.84 Å². The molecule has 1 fully saturated rings. The number of hydrogen-bond acceptors (Lipinski definition) is 2. The Morgan fingerprint density at radius 2 is 2.40 bits per heavy atom. The van der Waals surface area contributed by atoms with Crippen LogP contribution in [-0.2, 0) is 0 Å². The zero-order valence-corrected chi connectivity index (χ0v) is 6.56. The molecule has 1 unspecified atom stereocenters. The van der Waals surface area contributed by atoms with Gasteiger partial charge in [-0.3, -0.25) is 11.3 Å². The van der Waals surface area contributed by atoms with E-state index in [0.29, 0.717) is 6.04 Å². The SMILES string of the molecule is C=C(C)CC(NN)C1CC1. The molecular formula is C8H16N2. The van der Waals surface area contributed by atoms with Gasteiger partial charge < -0.3 is 0 Å². The third kappa shape index (κ3) is 2.12. The number of rotatable bonds is 4. The molecule has 0 radical (unpaired) electrons. The second-order valence-electron chi connectivity index (χ2n) is 3.27. The minimum atomic E-state index is 0.484. The summed E-state index contributed by atoms with van der Waals surface area (Å²) in [6.07, 6.45) is 3.70. The second-order valence-corrected chi connectivity index (χ2v) is 3.27. The lowest BCUT2D eigenvalue weighted by Gasteiger charge is -2.13. The van der Waals surface area contributed by atoms with Crippen molar-refractivity contribution in [3.63, 3.8) is 0 Å². The van der Waals surface area contributed by atoms with Crippen LogP contribution in [0.1, 0.15) is 26.2 Å². The predicted octanol–water partition coefficient (Wildman–Crippen LogP) is 1.19. The molecule has 0 amide bonds. The molecule has 2 nitrogen and oxygen atoms in total. The summed E-state index contributed by atoms with van der Waals surface area (Å²) in [7, 11) is 0. The lowest BCUT2D eigenvalue weighted by Crippen LogP contribution is -2.36. The van der Waals surface area contributed by atoms with Crippen molar-refractivity contribution in [3.05, 3.63) is 12.2 Å². The fourth-order valence-electron chi connectivity index (χ4n) is 1.24. The molecular weight excluding hydrogens is 124 g/mol. The number of nitrogens with one attached hydrogen (secondary N) is 1. The summed E-state index contributed by atoms with van der Waals surface area (Å²) in [5.41, 5.74) is 4.05. The average molecular weight is 140 g/mol. The fourth-order valence-corrected chi connectivity index (χ4v) is 1.24. The number of nitrogens with two attached hydrogens (primary N) is 1. The first kappa shape index (κ1) is 7.76. The third-order valence-corrected chi connectivity index (χ3v) is 1.97. The van der Waals surface area contributed by atoms with E-state index in [9.17, 15) is 0 Å². The molecule has 3 N–H and O–H groups in total. The van der Waals surface area contributed by atoms with Gasteiger partial charge >= 0.3 is 0 Å². The van der Waals surface area contributed by atoms with Crippen LogP contribution < -0.4 is 11.3 Å². The van der Waals surface area contributed by atoms with Gasteiger partial charge in [-0.15, -0.1) is 6.58 Å². The largest absolute Gasteiger partial charge is 0.271 e. The molecule has 10 heavy (non-hydrogen) atoms. The van der Waals surface area contributed by atoms with Crippen LogP contribution in [0, 0.1) is 5.92 Å². The van der Waals surface area contributed by atoms with E-state index in [1.54, 1.807) is 0 Å². The highest BCUT2D eigenvalue weighted by atomic mass is 15.2. The summed E-state index contributed by atoms with van der Waals surface area (Å²) in [6.45, 7) is 5.91. The summed E-state index contributed by atoms with van der Waals surface area (Å²) in [4.78, 5) is 0. The molecule has 1 aliphatic rings. The minimum Gasteiger partial charge on any atom is -0.271 e. The molecule has 0 heterocycles. The number of hydrogen-bond donors (Lipinski definition) is 2. The van der Waals surface area contributed by atoms with Gasteiger partial charge in [-0.05, 0) is 32.1 Å². The van der Waals surface area contributed by atoms with Crippen LogP contribution in [0.4, 0.5) is 0 Å². The average Bonchev–Trinajstić information content (AvgIpc) is 2.63. The molecule has 58 valence electrons. The molecule has 0 aromatic carbocycles. The highest BCUT2D eigenvalue weighted by Crippen LogP contribution is 2.34. The minimum absolute atomic E-state index is 0.484. The van der Waals surface area contributed by atoms with Crippen LogP contribution >= 0.6 is 0 Å². The normalized spacial score (nSPS) is 20.6. The maximum absolute atomic E-state index is 5.37. The highest BCUT2D eigenvalue weighted by molar-refractivity contribution is 4.97. The lowest BCUT2D eigenvalue weighted by atomic mass is 10.1. The molecule has 0 aliphatic heterocycles. The maximum atomic E-state index is 5.37. The van der Waals surface area contributed by atoms with Crippen LogP contribution in [0.5, 0.6) is 0 Å². The summed E-state index contributed by atoms with van der Waals surface area (Å²) in [5.74, 6) is 6.19. The molecule has 1 aliphatic carbocycles. The molecule has 0 bridgehead atoms. The standard InChI is InChI=1S/C8H16N2/c1-6(2)5-8(10-9)7-3-4-7/h7-8,10H,1,3-5,9H2,2H3. The molecule has 1 atom stereocenters. The zero-order chi connectivity index (χ0) is 7.56. The van der Waals surface area contributed by atoms with Crippen LogP contribution in [0.25, 0.3) is 0 Å². The van der Waals surface area contributed by atoms with Crippen molar-refractivity contribution in [1.82, 2.24) is 5.43 Å². The molecule has 0 saturated heterocycles. The summed E-state index contributed by atoms with van der Waals surface area (Å²) < 4.78 is 0. The van der Waals surface area contributed by atoms with Crippen LogP contribution in [0.3, 0.4) is 0 Å². The zero-order valence-electron chi connectivity index (χ0n) is 6.56. The Morgan fingerprint density at radius 1 is 1.80 bits per heavy atom. The summed E-state index contributed by atoms with van der Waals surface area (Å²) in [6, 6.07) is 0.484. The van der Waals surface area contributed by atoms with E-state index in [1.807, 2.05) is 6.92 Å². The fraction of sp³-hybridized carbons (Fsp3) is 0.750. The van der Waals surface area contributed by atoms with Crippen molar-refractivity contribution in [2.24, 2.45) is 11.8 Å². The number of hydrazine groups is 1. The molecule has 0 spiro atoms. The van der Waals surface area contributed by atoms with Crippen molar-refractivity contribution >= 4 is 0 Å². The van der Waals surface area contributed by atoms with Gasteiger partial charge in [0.1, 0.15) is 0 Å². The quantitative estimate of drug-likeness (QED) is 0.350. The monoisotopic (exact) mass is 140 g/mol. The predicted molar refractivity (Wildman–Crippen MR) is 43.3 cm³/mol. The molecule has 2 heteroatoms. The summed E-state index contributed by atoms with van der Waals surface area (Å²) in [5, 5.41) is 0. The molecule has 1 saturated carbocycles. The Bertz CT molecular complexity index is 127. The topological polar surface area (TPSA) is 38.0 Å². The van der Waals surface area contributed by atoms with Gasteiger partial charge in [-0.2, -0.15) is 0 Å². The summed E-state index contributed by atoms with van der Waals surface area (Å²) >= 11 is 0. The van der Waals surface area contributed by atoms with E-state index in [2.05, 4.69) is 12.0 Å². The van der Waals surface area contributed by atoms with Crippen molar-refractivity contribution in [2.75, 3.05) is 0 Å². The van der Waals surface area contributed by atoms with E-state index in [0.717, 1.165) is 12.3 Å². The van der Waals surface area contributed by atoms with Crippen molar-refractivity contribution in [2.45, 2.75) is 32.2 Å². The molecule has 0 aromatic rings. The van der Waals surface area contributed by atoms with Crippen molar-refractivity contribution in [3.8, 4) is 0 Å². The highest BCUT2D eigenvalue weighted by Gasteiger charge is 2.29. The maximum Gasteiger partial charge on any atom is 0.0275 e. The Balaban J connectivity index is 2.25. The van der Waals surface area contributed by atoms with Gasteiger partial charge in [-0.25, -0.2) is 0 Å². The van der Waals surface area contributed by atoms with E-state index < -0.39 is 0 Å². The van der Waals surface area contributed by atoms with E-state index in [1.165, 1.54) is 18.4 Å². The Labute approximate surface area is 62.5 Å². The smallest absolute Gasteiger partial charge is 0.0275 e. The Kier molecular flexibility index (Phi) is 2.46. The first-order chi connectivity index (χ1) is 4.74. The van der Waals surface area contributed by atoms with E-state index >= 15 is 0 Å². The van der Waals surface area contributed by atoms with Crippen molar-refractivity contribution in [1.29, 1.82) is 0 Å². The van der Waals surface area contributed by atoms with Crippen LogP contribution in [-0.4, -0.2) is 6.04 Å². The second kappa shape index (κ2) is 3.17. The van der Waals surface area contributed by atoms with Gasteiger partial charge in [0, 0.05) is 6.04 Å². The van der Waals surface area contributed by atoms with Crippen molar-refractivity contribution < 1.29 is 0 Å². The molecule has 0 aromatic heterocycles. The van der Waals surface area contributed by atoms with E-state index in [-0.39, 0.29) is 0 Å². The first-order valence-electron chi connectivity index (χ1n) is 3.84. The van der Waals surface area contributed by atoms with Crippen LogP contribution in [0.2, 0.25) is 0 Å².